The fourth-order valence-electron chi connectivity index (χ4n) is 3.13. The number of H-pyrrole nitrogens is 1. The van der Waals surface area contributed by atoms with E-state index in [1.807, 2.05) is 18.2 Å². The van der Waals surface area contributed by atoms with Gasteiger partial charge in [0.1, 0.15) is 5.69 Å². The molecule has 0 bridgehead atoms. The highest BCUT2D eigenvalue weighted by Gasteiger charge is 2.22. The van der Waals surface area contributed by atoms with E-state index in [4.69, 9.17) is 4.74 Å². The molecule has 3 aromatic rings. The molecule has 2 heterocycles. The number of ether oxygens (including phenoxy) is 1. The monoisotopic (exact) mass is 427 g/mol. The number of morpholine rings is 1. The molecular formula is C20H18BrN3O3. The topological polar surface area (TPSA) is 74.4 Å². The van der Waals surface area contributed by atoms with Gasteiger partial charge in [-0.3, -0.25) is 9.59 Å². The number of halogens is 1. The number of aromatic nitrogens is 1. The summed E-state index contributed by atoms with van der Waals surface area (Å²) in [4.78, 5) is 30.4. The molecule has 7 heteroatoms. The standard InChI is InChI=1S/C20H18BrN3O3/c21-14-5-6-16-13(11-14)12-18(22-16)19(25)23-17-4-2-1-3-15(17)20(26)24-7-9-27-10-8-24/h1-6,11-12,22H,7-10H2,(H,23,25). The predicted octanol–water partition coefficient (Wildman–Crippen LogP) is 3.66. The fraction of sp³-hybridized carbons (Fsp3) is 0.200. The molecule has 6 nitrogen and oxygen atoms in total. The van der Waals surface area contributed by atoms with Crippen LogP contribution < -0.4 is 5.32 Å². The first kappa shape index (κ1) is 17.8. The Morgan fingerprint density at radius 2 is 1.85 bits per heavy atom. The van der Waals surface area contributed by atoms with Gasteiger partial charge in [0.15, 0.2) is 0 Å². The van der Waals surface area contributed by atoms with Crippen LogP contribution in [0.25, 0.3) is 10.9 Å². The van der Waals surface area contributed by atoms with E-state index in [-0.39, 0.29) is 11.8 Å². The lowest BCUT2D eigenvalue weighted by molar-refractivity contribution is 0.0303. The average Bonchev–Trinajstić information content (AvgIpc) is 3.12. The maximum absolute atomic E-state index is 12.8. The summed E-state index contributed by atoms with van der Waals surface area (Å²) in [5, 5.41) is 3.80. The number of nitrogens with zero attached hydrogens (tertiary/aromatic N) is 1. The smallest absolute Gasteiger partial charge is 0.272 e. The molecule has 4 rings (SSSR count). The van der Waals surface area contributed by atoms with Gasteiger partial charge in [0.2, 0.25) is 0 Å². The molecule has 1 aliphatic rings. The van der Waals surface area contributed by atoms with Gasteiger partial charge in [-0.2, -0.15) is 0 Å². The Morgan fingerprint density at radius 1 is 1.07 bits per heavy atom. The predicted molar refractivity (Wildman–Crippen MR) is 107 cm³/mol. The Hall–Kier alpha value is -2.64. The minimum atomic E-state index is -0.287. The summed E-state index contributed by atoms with van der Waals surface area (Å²) in [5.74, 6) is -0.390. The fourth-order valence-corrected chi connectivity index (χ4v) is 3.51. The number of nitrogens with one attached hydrogen (secondary N) is 2. The number of fused-ring (bicyclic) bond motifs is 1. The van der Waals surface area contributed by atoms with Crippen molar-refractivity contribution in [2.75, 3.05) is 31.6 Å². The van der Waals surface area contributed by atoms with Gasteiger partial charge in [-0.1, -0.05) is 28.1 Å². The van der Waals surface area contributed by atoms with E-state index in [2.05, 4.69) is 26.2 Å². The summed E-state index contributed by atoms with van der Waals surface area (Å²) >= 11 is 3.43. The maximum atomic E-state index is 12.8. The highest BCUT2D eigenvalue weighted by molar-refractivity contribution is 9.10. The molecule has 0 atom stereocenters. The first-order valence-corrected chi connectivity index (χ1v) is 9.47. The van der Waals surface area contributed by atoms with Crippen molar-refractivity contribution < 1.29 is 14.3 Å². The van der Waals surface area contributed by atoms with Crippen LogP contribution in [0.4, 0.5) is 5.69 Å². The normalized spacial score (nSPS) is 14.3. The lowest BCUT2D eigenvalue weighted by Gasteiger charge is -2.27. The summed E-state index contributed by atoms with van der Waals surface area (Å²) in [6.45, 7) is 2.17. The second kappa shape index (κ2) is 7.54. The highest BCUT2D eigenvalue weighted by Crippen LogP contribution is 2.22. The van der Waals surface area contributed by atoms with E-state index in [0.717, 1.165) is 15.4 Å². The third kappa shape index (κ3) is 3.74. The van der Waals surface area contributed by atoms with E-state index in [9.17, 15) is 9.59 Å². The number of aromatic amines is 1. The first-order valence-electron chi connectivity index (χ1n) is 8.67. The first-order chi connectivity index (χ1) is 13.1. The Labute approximate surface area is 164 Å². The zero-order valence-electron chi connectivity index (χ0n) is 14.5. The minimum absolute atomic E-state index is 0.102. The van der Waals surface area contributed by atoms with Crippen molar-refractivity contribution in [2.24, 2.45) is 0 Å². The number of carbonyl (C=O) groups is 2. The zero-order chi connectivity index (χ0) is 18.8. The van der Waals surface area contributed by atoms with Crippen LogP contribution in [0.3, 0.4) is 0 Å². The number of hydrogen-bond acceptors (Lipinski definition) is 3. The lowest BCUT2D eigenvalue weighted by atomic mass is 10.1. The number of amides is 2. The van der Waals surface area contributed by atoms with E-state index in [1.165, 1.54) is 0 Å². The Morgan fingerprint density at radius 3 is 2.67 bits per heavy atom. The van der Waals surface area contributed by atoms with Crippen LogP contribution >= 0.6 is 15.9 Å². The third-order valence-corrected chi connectivity index (χ3v) is 5.02. The largest absolute Gasteiger partial charge is 0.378 e. The van der Waals surface area contributed by atoms with E-state index >= 15 is 0 Å². The van der Waals surface area contributed by atoms with Crippen LogP contribution in [0, 0.1) is 0 Å². The van der Waals surface area contributed by atoms with Crippen molar-refractivity contribution in [2.45, 2.75) is 0 Å². The summed E-state index contributed by atoms with van der Waals surface area (Å²) in [7, 11) is 0. The Bertz CT molecular complexity index is 1010. The SMILES string of the molecule is O=C(Nc1ccccc1C(=O)N1CCOCC1)c1cc2cc(Br)ccc2[nH]1. The molecule has 1 fully saturated rings. The highest BCUT2D eigenvalue weighted by atomic mass is 79.9. The van der Waals surface area contributed by atoms with Crippen molar-refractivity contribution in [3.8, 4) is 0 Å². The van der Waals surface area contributed by atoms with Gasteiger partial charge in [0, 0.05) is 28.5 Å². The van der Waals surface area contributed by atoms with Crippen LogP contribution in [-0.4, -0.2) is 48.0 Å². The molecule has 2 aromatic carbocycles. The van der Waals surface area contributed by atoms with Crippen LogP contribution in [0.2, 0.25) is 0 Å². The maximum Gasteiger partial charge on any atom is 0.272 e. The van der Waals surface area contributed by atoms with Gasteiger partial charge in [0.25, 0.3) is 11.8 Å². The molecular weight excluding hydrogens is 410 g/mol. The molecule has 0 saturated carbocycles. The van der Waals surface area contributed by atoms with Gasteiger partial charge < -0.3 is 19.9 Å². The number of carbonyl (C=O) groups excluding carboxylic acids is 2. The quantitative estimate of drug-likeness (QED) is 0.669. The molecule has 0 unspecified atom stereocenters. The van der Waals surface area contributed by atoms with Crippen LogP contribution in [0.1, 0.15) is 20.8 Å². The van der Waals surface area contributed by atoms with E-state index in [1.54, 1.807) is 35.2 Å². The van der Waals surface area contributed by atoms with Gasteiger partial charge in [-0.05, 0) is 36.4 Å². The van der Waals surface area contributed by atoms with Crippen molar-refractivity contribution in [1.29, 1.82) is 0 Å². The molecule has 0 spiro atoms. The zero-order valence-corrected chi connectivity index (χ0v) is 16.1. The average molecular weight is 428 g/mol. The van der Waals surface area contributed by atoms with Crippen molar-refractivity contribution >= 4 is 44.3 Å². The van der Waals surface area contributed by atoms with Crippen LogP contribution in [-0.2, 0) is 4.74 Å². The molecule has 2 amide bonds. The Balaban J connectivity index is 1.58. The molecule has 2 N–H and O–H groups in total. The van der Waals surface area contributed by atoms with E-state index < -0.39 is 0 Å². The molecule has 0 radical (unpaired) electrons. The second-order valence-electron chi connectivity index (χ2n) is 6.32. The number of anilines is 1. The molecule has 138 valence electrons. The number of hydrogen-bond donors (Lipinski definition) is 2. The van der Waals surface area contributed by atoms with Gasteiger partial charge in [-0.25, -0.2) is 0 Å². The van der Waals surface area contributed by atoms with Crippen molar-refractivity contribution in [1.82, 2.24) is 9.88 Å². The van der Waals surface area contributed by atoms with Crippen molar-refractivity contribution in [3.05, 3.63) is 64.3 Å². The summed E-state index contributed by atoms with van der Waals surface area (Å²) in [6, 6.07) is 14.6. The van der Waals surface area contributed by atoms with Gasteiger partial charge in [0.05, 0.1) is 24.5 Å². The molecule has 1 saturated heterocycles. The summed E-state index contributed by atoms with van der Waals surface area (Å²) in [6.07, 6.45) is 0. The van der Waals surface area contributed by atoms with Crippen LogP contribution in [0.15, 0.2) is 53.0 Å². The van der Waals surface area contributed by atoms with Crippen LogP contribution in [0.5, 0.6) is 0 Å². The summed E-state index contributed by atoms with van der Waals surface area (Å²) < 4.78 is 6.25. The Kier molecular flexibility index (Phi) is 4.96. The molecule has 27 heavy (non-hydrogen) atoms. The number of benzene rings is 2. The third-order valence-electron chi connectivity index (χ3n) is 4.53. The molecule has 0 aliphatic carbocycles. The lowest BCUT2D eigenvalue weighted by Crippen LogP contribution is -2.41. The molecule has 1 aromatic heterocycles. The second-order valence-corrected chi connectivity index (χ2v) is 7.23. The minimum Gasteiger partial charge on any atom is -0.378 e. The van der Waals surface area contributed by atoms with Gasteiger partial charge >= 0.3 is 0 Å². The van der Waals surface area contributed by atoms with E-state index in [0.29, 0.717) is 43.2 Å². The number of rotatable bonds is 3. The number of para-hydroxylation sites is 1. The molecule has 1 aliphatic heterocycles. The van der Waals surface area contributed by atoms with Gasteiger partial charge in [-0.15, -0.1) is 0 Å². The van der Waals surface area contributed by atoms with Crippen molar-refractivity contribution in [3.63, 3.8) is 0 Å². The summed E-state index contributed by atoms with van der Waals surface area (Å²) in [5.41, 5.74) is 2.29.